The van der Waals surface area contributed by atoms with Crippen LogP contribution in [0.25, 0.3) is 0 Å². The van der Waals surface area contributed by atoms with Crippen LogP contribution in [0.2, 0.25) is 0 Å². The molecular weight excluding hydrogens is 424 g/mol. The molecule has 0 bridgehead atoms. The topological polar surface area (TPSA) is 230 Å². The SMILES string of the molecule is CC(CCCCCC(P(=O)(O)O)P(=O)(O)O)C(P(=O)(O)O)P(=O)(O)O. The van der Waals surface area contributed by atoms with Gasteiger partial charge in [0.2, 0.25) is 0 Å². The molecule has 0 aromatic rings. The van der Waals surface area contributed by atoms with E-state index in [0.29, 0.717) is 0 Å². The van der Waals surface area contributed by atoms with Crippen LogP contribution >= 0.6 is 30.4 Å². The maximum atomic E-state index is 11.2. The van der Waals surface area contributed by atoms with Gasteiger partial charge in [-0.05, 0) is 18.8 Å². The Labute approximate surface area is 144 Å². The molecule has 0 aliphatic heterocycles. The predicted molar refractivity (Wildman–Crippen MR) is 88.0 cm³/mol. The highest BCUT2D eigenvalue weighted by molar-refractivity contribution is 7.71. The highest BCUT2D eigenvalue weighted by Crippen LogP contribution is 2.63. The molecular formula is C9H24O12P4. The fraction of sp³-hybridized carbons (Fsp3) is 1.00. The molecule has 152 valence electrons. The second-order valence-electron chi connectivity index (χ2n) is 5.87. The Balaban J connectivity index is 4.63. The van der Waals surface area contributed by atoms with Crippen LogP contribution in [0.4, 0.5) is 0 Å². The maximum absolute atomic E-state index is 11.2. The van der Waals surface area contributed by atoms with Gasteiger partial charge in [-0.2, -0.15) is 0 Å². The Morgan fingerprint density at radius 3 is 1.28 bits per heavy atom. The molecule has 1 atom stereocenters. The van der Waals surface area contributed by atoms with E-state index in [-0.39, 0.29) is 25.7 Å². The summed E-state index contributed by atoms with van der Waals surface area (Å²) in [6.07, 6.45) is -0.0204. The average molecular weight is 448 g/mol. The van der Waals surface area contributed by atoms with Gasteiger partial charge in [-0.15, -0.1) is 0 Å². The Morgan fingerprint density at radius 2 is 0.960 bits per heavy atom. The van der Waals surface area contributed by atoms with Gasteiger partial charge < -0.3 is 39.1 Å². The summed E-state index contributed by atoms with van der Waals surface area (Å²) in [5.74, 6) is -1.03. The van der Waals surface area contributed by atoms with E-state index in [9.17, 15) is 18.3 Å². The van der Waals surface area contributed by atoms with Crippen LogP contribution in [0.1, 0.15) is 39.0 Å². The molecule has 0 saturated heterocycles. The molecule has 0 aromatic heterocycles. The first-order valence-electron chi connectivity index (χ1n) is 7.09. The van der Waals surface area contributed by atoms with Gasteiger partial charge in [-0.1, -0.05) is 26.2 Å². The Kier molecular flexibility index (Phi) is 9.42. The van der Waals surface area contributed by atoms with Gasteiger partial charge in [0.15, 0.2) is 10.8 Å². The molecule has 0 radical (unpaired) electrons. The molecule has 12 nitrogen and oxygen atoms in total. The molecule has 0 fully saturated rings. The Bertz CT molecular complexity index is 566. The van der Waals surface area contributed by atoms with Crippen LogP contribution in [0.15, 0.2) is 0 Å². The van der Waals surface area contributed by atoms with Gasteiger partial charge in [-0.3, -0.25) is 18.3 Å². The van der Waals surface area contributed by atoms with Crippen LogP contribution in [-0.2, 0) is 18.3 Å². The van der Waals surface area contributed by atoms with Gasteiger partial charge in [-0.25, -0.2) is 0 Å². The van der Waals surface area contributed by atoms with Gasteiger partial charge >= 0.3 is 30.4 Å². The largest absolute Gasteiger partial charge is 0.340 e. The van der Waals surface area contributed by atoms with E-state index in [1.54, 1.807) is 0 Å². The number of rotatable bonds is 11. The summed E-state index contributed by atoms with van der Waals surface area (Å²) in [7, 11) is -20.1. The van der Waals surface area contributed by atoms with Crippen LogP contribution < -0.4 is 0 Å². The quantitative estimate of drug-likeness (QED) is 0.163. The lowest BCUT2D eigenvalue weighted by molar-refractivity contribution is 0.312. The molecule has 1 unspecified atom stereocenters. The van der Waals surface area contributed by atoms with Crippen molar-refractivity contribution in [1.29, 1.82) is 0 Å². The third-order valence-electron chi connectivity index (χ3n) is 3.60. The van der Waals surface area contributed by atoms with Crippen LogP contribution in [0.5, 0.6) is 0 Å². The van der Waals surface area contributed by atoms with Crippen molar-refractivity contribution in [2.75, 3.05) is 0 Å². The number of hydrogen-bond acceptors (Lipinski definition) is 4. The minimum atomic E-state index is -5.04. The van der Waals surface area contributed by atoms with E-state index >= 15 is 0 Å². The van der Waals surface area contributed by atoms with Gasteiger partial charge in [0, 0.05) is 0 Å². The normalized spacial score (nSPS) is 15.8. The smallest absolute Gasteiger partial charge is 0.324 e. The van der Waals surface area contributed by atoms with Crippen molar-refractivity contribution in [3.63, 3.8) is 0 Å². The summed E-state index contributed by atoms with van der Waals surface area (Å²) >= 11 is 0. The van der Waals surface area contributed by atoms with Crippen molar-refractivity contribution in [3.05, 3.63) is 0 Å². The van der Waals surface area contributed by atoms with Crippen molar-refractivity contribution in [3.8, 4) is 0 Å². The number of unbranched alkanes of at least 4 members (excludes halogenated alkanes) is 2. The second kappa shape index (κ2) is 9.20. The Morgan fingerprint density at radius 1 is 0.600 bits per heavy atom. The van der Waals surface area contributed by atoms with Gasteiger partial charge in [0.1, 0.15) is 0 Å². The predicted octanol–water partition coefficient (Wildman–Crippen LogP) is 0.936. The highest BCUT2D eigenvalue weighted by Gasteiger charge is 2.46. The summed E-state index contributed by atoms with van der Waals surface area (Å²) in [4.78, 5) is 72.2. The lowest BCUT2D eigenvalue weighted by Gasteiger charge is -2.25. The van der Waals surface area contributed by atoms with Crippen molar-refractivity contribution < 1.29 is 57.4 Å². The third-order valence-corrected chi connectivity index (χ3v) is 11.7. The molecule has 0 aliphatic carbocycles. The standard InChI is InChI=1S/C9H24O12P4/c1-7(9(24(16,17)18)25(19,20)21)5-3-2-4-6-8(22(10,11)12)23(13,14)15/h7-9H,2-6H2,1H3,(H2,10,11,12)(H2,13,14,15)(H2,16,17,18)(H2,19,20,21). The molecule has 0 aliphatic rings. The van der Waals surface area contributed by atoms with E-state index in [1.165, 1.54) is 6.92 Å². The third kappa shape index (κ3) is 9.38. The van der Waals surface area contributed by atoms with E-state index in [1.807, 2.05) is 0 Å². The van der Waals surface area contributed by atoms with Crippen LogP contribution in [-0.4, -0.2) is 49.9 Å². The summed E-state index contributed by atoms with van der Waals surface area (Å²) in [6.45, 7) is 1.26. The second-order valence-corrected chi connectivity index (χ2v) is 13.8. The van der Waals surface area contributed by atoms with Crippen LogP contribution in [0, 0.1) is 5.92 Å². The number of hydrogen-bond donors (Lipinski definition) is 8. The summed E-state index contributed by atoms with van der Waals surface area (Å²) in [5.41, 5.74) is 0. The van der Waals surface area contributed by atoms with Gasteiger partial charge in [0.25, 0.3) is 0 Å². The first kappa shape index (κ1) is 25.6. The van der Waals surface area contributed by atoms with Crippen LogP contribution in [0.3, 0.4) is 0 Å². The van der Waals surface area contributed by atoms with E-state index in [4.69, 9.17) is 39.1 Å². The molecule has 0 saturated carbocycles. The highest BCUT2D eigenvalue weighted by atomic mass is 31.2. The first-order valence-corrected chi connectivity index (χ1v) is 13.8. The van der Waals surface area contributed by atoms with Crippen molar-refractivity contribution >= 4 is 30.4 Å². The fourth-order valence-electron chi connectivity index (χ4n) is 2.51. The molecule has 0 spiro atoms. The lowest BCUT2D eigenvalue weighted by atomic mass is 10.0. The minimum Gasteiger partial charge on any atom is -0.324 e. The molecule has 0 amide bonds. The zero-order chi connectivity index (χ0) is 20.3. The van der Waals surface area contributed by atoms with Gasteiger partial charge in [0.05, 0.1) is 0 Å². The average Bonchev–Trinajstić information content (AvgIpc) is 2.25. The van der Waals surface area contributed by atoms with Crippen molar-refractivity contribution in [2.45, 2.75) is 49.8 Å². The molecule has 0 heterocycles. The molecule has 8 N–H and O–H groups in total. The first-order chi connectivity index (χ1) is 10.9. The lowest BCUT2D eigenvalue weighted by Crippen LogP contribution is -2.19. The minimum absolute atomic E-state index is 0.0113. The van der Waals surface area contributed by atoms with E-state index in [0.717, 1.165) is 0 Å². The van der Waals surface area contributed by atoms with E-state index < -0.39 is 53.5 Å². The zero-order valence-electron chi connectivity index (χ0n) is 13.3. The molecule has 0 aromatic carbocycles. The summed E-state index contributed by atoms with van der Waals surface area (Å²) < 4.78 is 44.7. The summed E-state index contributed by atoms with van der Waals surface area (Å²) in [6, 6.07) is 0. The summed E-state index contributed by atoms with van der Waals surface area (Å²) in [5, 5.41) is -4.26. The fourth-order valence-corrected chi connectivity index (χ4v) is 8.31. The monoisotopic (exact) mass is 448 g/mol. The molecule has 0 rings (SSSR count). The maximum Gasteiger partial charge on any atom is 0.340 e. The zero-order valence-corrected chi connectivity index (χ0v) is 16.8. The Hall–Kier alpha value is 0.600. The molecule has 25 heavy (non-hydrogen) atoms. The van der Waals surface area contributed by atoms with E-state index in [2.05, 4.69) is 0 Å². The van der Waals surface area contributed by atoms with Crippen molar-refractivity contribution in [1.82, 2.24) is 0 Å². The van der Waals surface area contributed by atoms with Crippen molar-refractivity contribution in [2.24, 2.45) is 5.92 Å². The molecule has 16 heteroatoms.